The molecule has 0 bridgehead atoms. The van der Waals surface area contributed by atoms with Gasteiger partial charge >= 0.3 is 0 Å². The molecule has 0 saturated carbocycles. The molecule has 0 saturated heterocycles. The van der Waals surface area contributed by atoms with Gasteiger partial charge in [-0.05, 0) is 55.3 Å². The monoisotopic (exact) mass is 458 g/mol. The highest BCUT2D eigenvalue weighted by Gasteiger charge is 2.19. The third-order valence-electron chi connectivity index (χ3n) is 6.08. The minimum atomic E-state index is -0.197. The van der Waals surface area contributed by atoms with Crippen molar-refractivity contribution in [2.75, 3.05) is 23.8 Å². The molecule has 5 rings (SSSR count). The first-order chi connectivity index (χ1) is 16.5. The number of hydrogen-bond donors (Lipinski definition) is 2. The largest absolute Gasteiger partial charge is 0.324 e. The zero-order valence-corrected chi connectivity index (χ0v) is 19.4. The lowest BCUT2D eigenvalue weighted by Gasteiger charge is -2.18. The maximum absolute atomic E-state index is 13.1. The lowest BCUT2D eigenvalue weighted by molar-refractivity contribution is -0.116. The molecule has 1 aromatic carbocycles. The first-order valence-electron chi connectivity index (χ1n) is 11.3. The predicted molar refractivity (Wildman–Crippen MR) is 131 cm³/mol. The second-order valence-corrected chi connectivity index (χ2v) is 8.23. The molecule has 34 heavy (non-hydrogen) atoms. The summed E-state index contributed by atoms with van der Waals surface area (Å²) < 4.78 is 3.25. The number of hydrogen-bond acceptors (Lipinski definition) is 7. The zero-order chi connectivity index (χ0) is 23.8. The van der Waals surface area contributed by atoms with E-state index in [1.165, 1.54) is 23.0 Å². The number of rotatable bonds is 5. The van der Waals surface area contributed by atoms with Gasteiger partial charge in [0.25, 0.3) is 5.56 Å². The fourth-order valence-electron chi connectivity index (χ4n) is 4.17. The van der Waals surface area contributed by atoms with Gasteiger partial charge in [0.1, 0.15) is 11.2 Å². The second-order valence-electron chi connectivity index (χ2n) is 8.23. The summed E-state index contributed by atoms with van der Waals surface area (Å²) in [7, 11) is 1.66. The van der Waals surface area contributed by atoms with Crippen molar-refractivity contribution >= 4 is 34.4 Å². The summed E-state index contributed by atoms with van der Waals surface area (Å²) in [6.45, 7) is 5.62. The van der Waals surface area contributed by atoms with Gasteiger partial charge in [0.15, 0.2) is 11.5 Å². The lowest BCUT2D eigenvalue weighted by Crippen LogP contribution is -2.25. The molecular weight excluding hydrogens is 432 g/mol. The van der Waals surface area contributed by atoms with E-state index in [0.717, 1.165) is 25.2 Å². The Morgan fingerprint density at radius 2 is 2.06 bits per heavy atom. The number of amides is 1. The first-order valence-corrected chi connectivity index (χ1v) is 11.3. The van der Waals surface area contributed by atoms with Gasteiger partial charge in [0.05, 0.1) is 0 Å². The average Bonchev–Trinajstić information content (AvgIpc) is 3.14. The molecule has 0 radical (unpaired) electrons. The van der Waals surface area contributed by atoms with E-state index in [4.69, 9.17) is 0 Å². The Balaban J connectivity index is 1.59. The molecule has 0 fully saturated rings. The van der Waals surface area contributed by atoms with Crippen LogP contribution in [0.15, 0.2) is 47.4 Å². The van der Waals surface area contributed by atoms with Crippen LogP contribution in [0.3, 0.4) is 0 Å². The predicted octanol–water partition coefficient (Wildman–Crippen LogP) is 2.37. The third-order valence-corrected chi connectivity index (χ3v) is 6.08. The van der Waals surface area contributed by atoms with E-state index in [2.05, 4.69) is 37.7 Å². The Morgan fingerprint density at radius 1 is 1.21 bits per heavy atom. The Hall–Kier alpha value is -4.05. The standard InChI is InChI=1S/C24H26N8O2/c1-4-31-23(34)19-14-26-24(27-18-9-8-17-13-25-11-10-16(17)12-18)29-22(19)32(31)21-7-5-6-20(28-21)30(3)15(2)33/h5-9,12,14,25H,4,10-11,13H2,1-3H3,(H,26,27,29). The molecular formula is C24H26N8O2. The number of pyridine rings is 1. The maximum atomic E-state index is 13.1. The molecule has 1 aliphatic rings. The number of fused-ring (bicyclic) bond motifs is 2. The number of nitrogens with zero attached hydrogens (tertiary/aromatic N) is 6. The van der Waals surface area contributed by atoms with Crippen molar-refractivity contribution in [1.29, 1.82) is 0 Å². The fourth-order valence-corrected chi connectivity index (χ4v) is 4.17. The molecule has 0 aliphatic carbocycles. The molecule has 4 heterocycles. The molecule has 2 N–H and O–H groups in total. The van der Waals surface area contributed by atoms with E-state index in [9.17, 15) is 9.59 Å². The second kappa shape index (κ2) is 8.71. The van der Waals surface area contributed by atoms with Crippen LogP contribution in [-0.4, -0.2) is 43.8 Å². The van der Waals surface area contributed by atoms with Crippen molar-refractivity contribution in [1.82, 2.24) is 29.6 Å². The van der Waals surface area contributed by atoms with E-state index in [0.29, 0.717) is 35.2 Å². The molecule has 3 aromatic heterocycles. The van der Waals surface area contributed by atoms with Crippen molar-refractivity contribution in [3.05, 3.63) is 64.1 Å². The molecule has 1 amide bonds. The zero-order valence-electron chi connectivity index (χ0n) is 19.4. The van der Waals surface area contributed by atoms with Gasteiger partial charge in [-0.15, -0.1) is 0 Å². The maximum Gasteiger partial charge on any atom is 0.278 e. The minimum absolute atomic E-state index is 0.135. The van der Waals surface area contributed by atoms with Crippen LogP contribution in [0.4, 0.5) is 17.5 Å². The minimum Gasteiger partial charge on any atom is -0.324 e. The molecule has 10 heteroatoms. The van der Waals surface area contributed by atoms with Crippen LogP contribution in [0, 0.1) is 0 Å². The molecule has 0 spiro atoms. The van der Waals surface area contributed by atoms with Crippen molar-refractivity contribution in [2.24, 2.45) is 0 Å². The molecule has 174 valence electrons. The number of anilines is 3. The number of carbonyl (C=O) groups is 1. The van der Waals surface area contributed by atoms with Crippen LogP contribution in [-0.2, 0) is 24.3 Å². The van der Waals surface area contributed by atoms with Crippen molar-refractivity contribution < 1.29 is 4.79 Å². The summed E-state index contributed by atoms with van der Waals surface area (Å²) in [6.07, 6.45) is 2.52. The highest BCUT2D eigenvalue weighted by atomic mass is 16.2. The quantitative estimate of drug-likeness (QED) is 0.472. The van der Waals surface area contributed by atoms with Crippen molar-refractivity contribution in [2.45, 2.75) is 33.4 Å². The normalized spacial score (nSPS) is 13.0. The molecule has 0 atom stereocenters. The highest BCUT2D eigenvalue weighted by Crippen LogP contribution is 2.23. The summed E-state index contributed by atoms with van der Waals surface area (Å²) in [5, 5.41) is 7.05. The van der Waals surface area contributed by atoms with E-state index < -0.39 is 0 Å². The first kappa shape index (κ1) is 21.8. The van der Waals surface area contributed by atoms with Gasteiger partial charge in [-0.25, -0.2) is 19.3 Å². The molecule has 1 aliphatic heterocycles. The summed E-state index contributed by atoms with van der Waals surface area (Å²) >= 11 is 0. The van der Waals surface area contributed by atoms with Gasteiger partial charge in [-0.1, -0.05) is 12.1 Å². The summed E-state index contributed by atoms with van der Waals surface area (Å²) in [5.74, 6) is 1.23. The van der Waals surface area contributed by atoms with E-state index in [-0.39, 0.29) is 11.5 Å². The lowest BCUT2D eigenvalue weighted by atomic mass is 10.0. The molecule has 4 aromatic rings. The van der Waals surface area contributed by atoms with Gasteiger partial charge < -0.3 is 15.5 Å². The van der Waals surface area contributed by atoms with E-state index in [1.54, 1.807) is 40.8 Å². The van der Waals surface area contributed by atoms with E-state index in [1.807, 2.05) is 13.0 Å². The molecule has 0 unspecified atom stereocenters. The Labute approximate surface area is 196 Å². The third kappa shape index (κ3) is 3.81. The SMILES string of the molecule is CCn1c(=O)c2cnc(Nc3ccc4c(c3)CCNC4)nc2n1-c1cccc(N(C)C(C)=O)n1. The number of nitrogens with one attached hydrogen (secondary N) is 2. The van der Waals surface area contributed by atoms with Gasteiger partial charge in [-0.3, -0.25) is 9.59 Å². The number of carbonyl (C=O) groups excluding carboxylic acids is 1. The van der Waals surface area contributed by atoms with Gasteiger partial charge in [0.2, 0.25) is 11.9 Å². The fraction of sp³-hybridized carbons (Fsp3) is 0.292. The molecule has 10 nitrogen and oxygen atoms in total. The summed E-state index contributed by atoms with van der Waals surface area (Å²) in [5.41, 5.74) is 3.74. The van der Waals surface area contributed by atoms with E-state index >= 15 is 0 Å². The highest BCUT2D eigenvalue weighted by molar-refractivity contribution is 5.89. The van der Waals surface area contributed by atoms with Crippen molar-refractivity contribution in [3.8, 4) is 5.82 Å². The van der Waals surface area contributed by atoms with Gasteiger partial charge in [-0.2, -0.15) is 4.98 Å². The summed E-state index contributed by atoms with van der Waals surface area (Å²) in [6, 6.07) is 11.6. The van der Waals surface area contributed by atoms with Gasteiger partial charge in [0, 0.05) is 38.9 Å². The Kier molecular flexibility index (Phi) is 5.58. The average molecular weight is 459 g/mol. The van der Waals surface area contributed by atoms with Crippen LogP contribution < -0.4 is 21.1 Å². The summed E-state index contributed by atoms with van der Waals surface area (Å²) in [4.78, 5) is 40.0. The Bertz CT molecular complexity index is 1460. The van der Waals surface area contributed by atoms with Crippen LogP contribution in [0.5, 0.6) is 0 Å². The number of aromatic nitrogens is 5. The van der Waals surface area contributed by atoms with Crippen LogP contribution in [0.1, 0.15) is 25.0 Å². The smallest absolute Gasteiger partial charge is 0.278 e. The Morgan fingerprint density at radius 3 is 2.85 bits per heavy atom. The van der Waals surface area contributed by atoms with Crippen LogP contribution in [0.2, 0.25) is 0 Å². The van der Waals surface area contributed by atoms with Crippen LogP contribution in [0.25, 0.3) is 16.9 Å². The topological polar surface area (TPSA) is 110 Å². The number of benzene rings is 1. The van der Waals surface area contributed by atoms with Crippen molar-refractivity contribution in [3.63, 3.8) is 0 Å². The van der Waals surface area contributed by atoms with Crippen LogP contribution >= 0.6 is 0 Å².